The van der Waals surface area contributed by atoms with Gasteiger partial charge in [-0.15, -0.1) is 0 Å². The Morgan fingerprint density at radius 3 is 2.47 bits per heavy atom. The van der Waals surface area contributed by atoms with Crippen LogP contribution in [-0.4, -0.2) is 28.5 Å². The maximum atomic E-state index is 12.6. The molecule has 0 aliphatic heterocycles. The second-order valence-electron chi connectivity index (χ2n) is 5.10. The largest absolute Gasteiger partial charge is 0.444 e. The molecule has 1 aromatic heterocycles. The molecule has 5 nitrogen and oxygen atoms in total. The van der Waals surface area contributed by atoms with Gasteiger partial charge >= 0.3 is 6.09 Å². The Balaban J connectivity index is 2.63. The number of hydrogen-bond acceptors (Lipinski definition) is 4. The first-order chi connectivity index (χ1) is 8.69. The fourth-order valence-corrected chi connectivity index (χ4v) is 1.32. The summed E-state index contributed by atoms with van der Waals surface area (Å²) in [6.45, 7) is 6.70. The second kappa shape index (κ2) is 5.77. The molecule has 0 aromatic carbocycles. The molecule has 6 heteroatoms. The van der Waals surface area contributed by atoms with Crippen molar-refractivity contribution in [1.82, 2.24) is 10.3 Å². The van der Waals surface area contributed by atoms with E-state index in [0.717, 1.165) is 12.3 Å². The summed E-state index contributed by atoms with van der Waals surface area (Å²) >= 11 is 0. The van der Waals surface area contributed by atoms with E-state index < -0.39 is 23.7 Å². The van der Waals surface area contributed by atoms with Gasteiger partial charge in [-0.2, -0.15) is 4.39 Å². The van der Waals surface area contributed by atoms with Gasteiger partial charge in [0.25, 0.3) is 0 Å². The zero-order valence-electron chi connectivity index (χ0n) is 11.4. The maximum Gasteiger partial charge on any atom is 0.408 e. The van der Waals surface area contributed by atoms with Crippen molar-refractivity contribution in [3.8, 4) is 0 Å². The predicted octanol–water partition coefficient (Wildman–Crippen LogP) is 2.32. The Morgan fingerprint density at radius 2 is 2.00 bits per heavy atom. The number of carbonyl (C=O) groups is 2. The lowest BCUT2D eigenvalue weighted by Gasteiger charge is -2.21. The van der Waals surface area contributed by atoms with E-state index in [2.05, 4.69) is 10.3 Å². The molecule has 0 bridgehead atoms. The van der Waals surface area contributed by atoms with Gasteiger partial charge in [0.05, 0.1) is 6.04 Å². The van der Waals surface area contributed by atoms with E-state index in [0.29, 0.717) is 0 Å². The van der Waals surface area contributed by atoms with Crippen molar-refractivity contribution in [2.75, 3.05) is 0 Å². The Labute approximate surface area is 111 Å². The first kappa shape index (κ1) is 15.1. The highest BCUT2D eigenvalue weighted by Crippen LogP contribution is 2.08. The summed E-state index contributed by atoms with van der Waals surface area (Å²) < 4.78 is 17.7. The molecule has 1 atom stereocenters. The Morgan fingerprint density at radius 1 is 1.37 bits per heavy atom. The number of alkyl carbamates (subject to hydrolysis) is 1. The number of carbonyl (C=O) groups excluding carboxylic acids is 2. The number of ketones is 1. The summed E-state index contributed by atoms with van der Waals surface area (Å²) in [6.07, 6.45) is 0.453. The smallest absolute Gasteiger partial charge is 0.408 e. The molecule has 1 aromatic rings. The lowest BCUT2D eigenvalue weighted by Crippen LogP contribution is -2.41. The SMILES string of the molecule is C[C@H](NC(=O)OC(C)(C)C)C(=O)c1ccc(F)nc1. The van der Waals surface area contributed by atoms with Crippen LogP contribution >= 0.6 is 0 Å². The molecule has 1 heterocycles. The van der Waals surface area contributed by atoms with Crippen LogP contribution in [0, 0.1) is 5.95 Å². The number of pyridine rings is 1. The molecule has 1 N–H and O–H groups in total. The van der Waals surface area contributed by atoms with Crippen LogP contribution in [0.5, 0.6) is 0 Å². The number of amides is 1. The van der Waals surface area contributed by atoms with Crippen molar-refractivity contribution in [2.45, 2.75) is 39.3 Å². The van der Waals surface area contributed by atoms with Crippen molar-refractivity contribution in [2.24, 2.45) is 0 Å². The van der Waals surface area contributed by atoms with Gasteiger partial charge in [-0.3, -0.25) is 4.79 Å². The van der Waals surface area contributed by atoms with Crippen LogP contribution in [0.3, 0.4) is 0 Å². The minimum atomic E-state index is -0.776. The van der Waals surface area contributed by atoms with Crippen LogP contribution in [0.1, 0.15) is 38.1 Å². The van der Waals surface area contributed by atoms with Gasteiger partial charge < -0.3 is 10.1 Å². The molecule has 0 aliphatic carbocycles. The van der Waals surface area contributed by atoms with E-state index in [1.54, 1.807) is 20.8 Å². The van der Waals surface area contributed by atoms with Crippen molar-refractivity contribution in [3.05, 3.63) is 29.8 Å². The minimum Gasteiger partial charge on any atom is -0.444 e. The minimum absolute atomic E-state index is 0.227. The molecule has 0 spiro atoms. The van der Waals surface area contributed by atoms with Gasteiger partial charge in [0.1, 0.15) is 5.60 Å². The van der Waals surface area contributed by atoms with E-state index in [1.165, 1.54) is 13.0 Å². The fourth-order valence-electron chi connectivity index (χ4n) is 1.32. The van der Waals surface area contributed by atoms with E-state index in [4.69, 9.17) is 4.74 Å². The highest BCUT2D eigenvalue weighted by molar-refractivity contribution is 6.00. The zero-order valence-corrected chi connectivity index (χ0v) is 11.4. The van der Waals surface area contributed by atoms with E-state index in [9.17, 15) is 14.0 Å². The molecule has 1 amide bonds. The Kier molecular flexibility index (Phi) is 4.58. The number of rotatable bonds is 3. The summed E-state index contributed by atoms with van der Waals surface area (Å²) in [5, 5.41) is 2.42. The van der Waals surface area contributed by atoms with Crippen LogP contribution < -0.4 is 5.32 Å². The quantitative estimate of drug-likeness (QED) is 0.674. The number of ether oxygens (including phenoxy) is 1. The monoisotopic (exact) mass is 268 g/mol. The normalized spacial score (nSPS) is 12.7. The van der Waals surface area contributed by atoms with Gasteiger partial charge in [0.15, 0.2) is 5.78 Å². The second-order valence-corrected chi connectivity index (χ2v) is 5.10. The Hall–Kier alpha value is -1.98. The third-order valence-corrected chi connectivity index (χ3v) is 2.14. The predicted molar refractivity (Wildman–Crippen MR) is 67.4 cm³/mol. The van der Waals surface area contributed by atoms with Gasteiger partial charge in [-0.1, -0.05) is 0 Å². The van der Waals surface area contributed by atoms with Crippen molar-refractivity contribution < 1.29 is 18.7 Å². The molecular formula is C13H17FN2O3. The third-order valence-electron chi connectivity index (χ3n) is 2.14. The van der Waals surface area contributed by atoms with E-state index >= 15 is 0 Å². The number of aromatic nitrogens is 1. The highest BCUT2D eigenvalue weighted by atomic mass is 19.1. The lowest BCUT2D eigenvalue weighted by molar-refractivity contribution is 0.0496. The van der Waals surface area contributed by atoms with Crippen LogP contribution in [0.4, 0.5) is 9.18 Å². The molecule has 104 valence electrons. The molecule has 0 fully saturated rings. The fraction of sp³-hybridized carbons (Fsp3) is 0.462. The topological polar surface area (TPSA) is 68.3 Å². The van der Waals surface area contributed by atoms with Gasteiger partial charge in [0, 0.05) is 11.8 Å². The first-order valence-electron chi connectivity index (χ1n) is 5.84. The van der Waals surface area contributed by atoms with Crippen LogP contribution in [0.2, 0.25) is 0 Å². The summed E-state index contributed by atoms with van der Waals surface area (Å²) in [7, 11) is 0. The average Bonchev–Trinajstić information content (AvgIpc) is 2.26. The Bertz CT molecular complexity index is 466. The van der Waals surface area contributed by atoms with Gasteiger partial charge in [-0.05, 0) is 39.8 Å². The number of nitrogens with one attached hydrogen (secondary N) is 1. The number of halogens is 1. The number of hydrogen-bond donors (Lipinski definition) is 1. The van der Waals surface area contributed by atoms with Crippen molar-refractivity contribution in [1.29, 1.82) is 0 Å². The van der Waals surface area contributed by atoms with Gasteiger partial charge in [-0.25, -0.2) is 9.78 Å². The molecule has 1 rings (SSSR count). The summed E-state index contributed by atoms with van der Waals surface area (Å²) in [4.78, 5) is 26.8. The first-order valence-corrected chi connectivity index (χ1v) is 5.84. The maximum absolute atomic E-state index is 12.6. The van der Waals surface area contributed by atoms with Gasteiger partial charge in [0.2, 0.25) is 5.95 Å². The highest BCUT2D eigenvalue weighted by Gasteiger charge is 2.21. The molecule has 0 aliphatic rings. The van der Waals surface area contributed by atoms with E-state index in [1.807, 2.05) is 0 Å². The van der Waals surface area contributed by atoms with Crippen LogP contribution in [-0.2, 0) is 4.74 Å². The average molecular weight is 268 g/mol. The molecule has 0 saturated carbocycles. The molecule has 19 heavy (non-hydrogen) atoms. The number of Topliss-reactive ketones (excluding diaryl/α,β-unsaturated/α-hetero) is 1. The molecular weight excluding hydrogens is 251 g/mol. The zero-order chi connectivity index (χ0) is 14.6. The van der Waals surface area contributed by atoms with Crippen LogP contribution in [0.15, 0.2) is 18.3 Å². The summed E-state index contributed by atoms with van der Waals surface area (Å²) in [5.74, 6) is -1.03. The third kappa shape index (κ3) is 5.03. The summed E-state index contributed by atoms with van der Waals surface area (Å²) in [6, 6.07) is 1.63. The summed E-state index contributed by atoms with van der Waals surface area (Å²) in [5.41, 5.74) is -0.408. The van der Waals surface area contributed by atoms with Crippen molar-refractivity contribution >= 4 is 11.9 Å². The molecule has 0 unspecified atom stereocenters. The van der Waals surface area contributed by atoms with Crippen molar-refractivity contribution in [3.63, 3.8) is 0 Å². The lowest BCUT2D eigenvalue weighted by atomic mass is 10.1. The standard InChI is InChI=1S/C13H17FN2O3/c1-8(16-12(18)19-13(2,3)4)11(17)9-5-6-10(14)15-7-9/h5-8H,1-4H3,(H,16,18)/t8-/m0/s1. The molecule has 0 radical (unpaired) electrons. The van der Waals surface area contributed by atoms with Crippen LogP contribution in [0.25, 0.3) is 0 Å². The number of nitrogens with zero attached hydrogens (tertiary/aromatic N) is 1. The molecule has 0 saturated heterocycles. The van der Waals surface area contributed by atoms with E-state index in [-0.39, 0.29) is 11.3 Å².